The Kier molecular flexibility index (Phi) is 18.0. The Morgan fingerprint density at radius 3 is 1.32 bits per heavy atom. The van der Waals surface area contributed by atoms with Gasteiger partial charge in [-0.25, -0.2) is 0 Å². The van der Waals surface area contributed by atoms with Gasteiger partial charge in [0.15, 0.2) is 0 Å². The van der Waals surface area contributed by atoms with E-state index in [0.717, 1.165) is 19.3 Å². The molecule has 4 nitrogen and oxygen atoms in total. The van der Waals surface area contributed by atoms with Crippen molar-refractivity contribution in [3.63, 3.8) is 0 Å². The molecule has 0 amide bonds. The Hall–Kier alpha value is -1.32. The lowest BCUT2D eigenvalue weighted by Gasteiger charge is -2.03. The van der Waals surface area contributed by atoms with E-state index in [2.05, 4.69) is 0 Å². The first-order chi connectivity index (χ1) is 12.1. The Balaban J connectivity index is 3.06. The Bertz CT molecular complexity index is 350. The minimum atomic E-state index is -0.757. The van der Waals surface area contributed by atoms with E-state index in [0.29, 0.717) is 6.42 Å². The van der Waals surface area contributed by atoms with Gasteiger partial charge in [0.1, 0.15) is 0 Å². The van der Waals surface area contributed by atoms with Gasteiger partial charge in [0, 0.05) is 6.42 Å². The second-order valence-electron chi connectivity index (χ2n) is 6.95. The summed E-state index contributed by atoms with van der Waals surface area (Å²) in [5.74, 6) is -1.43. The third kappa shape index (κ3) is 22.7. The molecule has 0 radical (unpaired) electrons. The summed E-state index contributed by atoms with van der Waals surface area (Å²) in [6.45, 7) is 0. The molecule has 0 aliphatic rings. The zero-order valence-corrected chi connectivity index (χ0v) is 15.9. The molecule has 0 aromatic rings. The van der Waals surface area contributed by atoms with Crippen molar-refractivity contribution in [3.8, 4) is 0 Å². The highest BCUT2D eigenvalue weighted by atomic mass is 16.4. The van der Waals surface area contributed by atoms with Gasteiger partial charge in [0.05, 0.1) is 6.42 Å². The zero-order chi connectivity index (χ0) is 18.6. The molecule has 0 spiro atoms. The first-order valence-electron chi connectivity index (χ1n) is 10.2. The number of rotatable bonds is 19. The van der Waals surface area contributed by atoms with Crippen LogP contribution in [0.1, 0.15) is 109 Å². The highest BCUT2D eigenvalue weighted by Crippen LogP contribution is 2.13. The molecule has 0 heterocycles. The number of carbonyl (C=O) groups is 2. The lowest BCUT2D eigenvalue weighted by atomic mass is 10.0. The van der Waals surface area contributed by atoms with Crippen molar-refractivity contribution in [2.75, 3.05) is 0 Å². The third-order valence-corrected chi connectivity index (χ3v) is 4.47. The van der Waals surface area contributed by atoms with Crippen molar-refractivity contribution in [2.24, 2.45) is 0 Å². The molecule has 0 aliphatic carbocycles. The minimum Gasteiger partial charge on any atom is -0.481 e. The van der Waals surface area contributed by atoms with E-state index in [1.807, 2.05) is 6.08 Å². The lowest BCUT2D eigenvalue weighted by Crippen LogP contribution is -1.93. The Morgan fingerprint density at radius 2 is 0.920 bits per heavy atom. The van der Waals surface area contributed by atoms with E-state index in [9.17, 15) is 9.59 Å². The summed E-state index contributed by atoms with van der Waals surface area (Å²) in [4.78, 5) is 20.7. The topological polar surface area (TPSA) is 74.6 Å². The van der Waals surface area contributed by atoms with Crippen molar-refractivity contribution in [1.82, 2.24) is 0 Å². The van der Waals surface area contributed by atoms with Crippen molar-refractivity contribution in [1.29, 1.82) is 0 Å². The predicted octanol–water partition coefficient (Wildman–Crippen LogP) is 6.34. The number of carboxylic acid groups (broad SMARTS) is 2. The van der Waals surface area contributed by atoms with Gasteiger partial charge in [-0.15, -0.1) is 0 Å². The molecule has 4 heteroatoms. The molecule has 0 atom stereocenters. The highest BCUT2D eigenvalue weighted by Gasteiger charge is 1.97. The monoisotopic (exact) mass is 354 g/mol. The number of unbranched alkanes of at least 4 members (excludes halogenated alkanes) is 14. The van der Waals surface area contributed by atoms with Crippen LogP contribution in [0.25, 0.3) is 0 Å². The van der Waals surface area contributed by atoms with E-state index in [1.165, 1.54) is 77.0 Å². The molecule has 0 aromatic heterocycles. The summed E-state index contributed by atoms with van der Waals surface area (Å²) in [5, 5.41) is 17.0. The van der Waals surface area contributed by atoms with Crippen LogP contribution in [-0.2, 0) is 9.59 Å². The molecule has 146 valence electrons. The summed E-state index contributed by atoms with van der Waals surface area (Å²) in [5.41, 5.74) is 0. The fourth-order valence-corrected chi connectivity index (χ4v) is 2.96. The van der Waals surface area contributed by atoms with Crippen LogP contribution >= 0.6 is 0 Å². The summed E-state index contributed by atoms with van der Waals surface area (Å²) < 4.78 is 0. The van der Waals surface area contributed by atoms with Crippen LogP contribution in [0, 0.1) is 0 Å². The Morgan fingerprint density at radius 1 is 0.520 bits per heavy atom. The van der Waals surface area contributed by atoms with Crippen LogP contribution in [0.4, 0.5) is 0 Å². The average molecular weight is 355 g/mol. The molecule has 0 unspecified atom stereocenters. The predicted molar refractivity (Wildman–Crippen MR) is 103 cm³/mol. The van der Waals surface area contributed by atoms with E-state index >= 15 is 0 Å². The molecule has 25 heavy (non-hydrogen) atoms. The van der Waals surface area contributed by atoms with Crippen molar-refractivity contribution < 1.29 is 19.8 Å². The van der Waals surface area contributed by atoms with Crippen molar-refractivity contribution in [3.05, 3.63) is 12.2 Å². The molecule has 0 saturated carbocycles. The van der Waals surface area contributed by atoms with Crippen molar-refractivity contribution >= 4 is 11.9 Å². The quantitative estimate of drug-likeness (QED) is 0.209. The normalized spacial score (nSPS) is 11.2. The zero-order valence-electron chi connectivity index (χ0n) is 15.9. The number of hydrogen-bond acceptors (Lipinski definition) is 2. The van der Waals surface area contributed by atoms with E-state index < -0.39 is 11.9 Å². The number of hydrogen-bond donors (Lipinski definition) is 2. The van der Waals surface area contributed by atoms with Crippen molar-refractivity contribution in [2.45, 2.75) is 109 Å². The summed E-state index contributed by atoms with van der Waals surface area (Å²) >= 11 is 0. The second-order valence-corrected chi connectivity index (χ2v) is 6.95. The molecule has 0 bridgehead atoms. The smallest absolute Gasteiger partial charge is 0.307 e. The van der Waals surface area contributed by atoms with E-state index in [1.54, 1.807) is 6.08 Å². The van der Waals surface area contributed by atoms with Gasteiger partial charge in [-0.1, -0.05) is 89.2 Å². The first kappa shape index (κ1) is 23.7. The molecule has 0 aromatic carbocycles. The molecule has 2 N–H and O–H groups in total. The fourth-order valence-electron chi connectivity index (χ4n) is 2.96. The van der Waals surface area contributed by atoms with Gasteiger partial charge in [-0.05, 0) is 19.3 Å². The largest absolute Gasteiger partial charge is 0.481 e. The van der Waals surface area contributed by atoms with Crippen LogP contribution in [0.5, 0.6) is 0 Å². The van der Waals surface area contributed by atoms with Crippen LogP contribution in [-0.4, -0.2) is 22.2 Å². The summed E-state index contributed by atoms with van der Waals surface area (Å²) in [6, 6.07) is 0. The van der Waals surface area contributed by atoms with Crippen LogP contribution in [0.2, 0.25) is 0 Å². The third-order valence-electron chi connectivity index (χ3n) is 4.47. The maximum atomic E-state index is 10.4. The minimum absolute atomic E-state index is 0.144. The highest BCUT2D eigenvalue weighted by molar-refractivity contribution is 5.68. The standard InChI is InChI=1S/C21H38O4/c22-20(23)18-16-14-12-10-8-6-4-2-1-3-5-7-9-11-13-15-17-19-21(24)25/h14,16H,1-13,15,17-19H2,(H,22,23)(H,24,25)/b16-14-. The van der Waals surface area contributed by atoms with Crippen LogP contribution < -0.4 is 0 Å². The molecule has 0 fully saturated rings. The first-order valence-corrected chi connectivity index (χ1v) is 10.2. The number of aliphatic carboxylic acids is 2. The van der Waals surface area contributed by atoms with Gasteiger partial charge < -0.3 is 10.2 Å². The van der Waals surface area contributed by atoms with Crippen LogP contribution in [0.15, 0.2) is 12.2 Å². The van der Waals surface area contributed by atoms with Gasteiger partial charge in [-0.3, -0.25) is 9.59 Å². The summed E-state index contributed by atoms with van der Waals surface area (Å²) in [7, 11) is 0. The SMILES string of the molecule is O=C(O)C/C=C\CCCCCCCCCCCCCCCCC(=O)O. The van der Waals surface area contributed by atoms with Crippen LogP contribution in [0.3, 0.4) is 0 Å². The average Bonchev–Trinajstić information content (AvgIpc) is 2.56. The maximum Gasteiger partial charge on any atom is 0.307 e. The fraction of sp³-hybridized carbons (Fsp3) is 0.810. The number of allylic oxidation sites excluding steroid dienone is 1. The molecule has 0 rings (SSSR count). The maximum absolute atomic E-state index is 10.4. The molecular formula is C21H38O4. The molecule has 0 aliphatic heterocycles. The second kappa shape index (κ2) is 19.0. The molecular weight excluding hydrogens is 316 g/mol. The van der Waals surface area contributed by atoms with Gasteiger partial charge >= 0.3 is 11.9 Å². The Labute approximate surface area is 153 Å². The van der Waals surface area contributed by atoms with Gasteiger partial charge in [-0.2, -0.15) is 0 Å². The number of carboxylic acids is 2. The lowest BCUT2D eigenvalue weighted by molar-refractivity contribution is -0.137. The molecule has 0 saturated heterocycles. The van der Waals surface area contributed by atoms with E-state index in [4.69, 9.17) is 10.2 Å². The van der Waals surface area contributed by atoms with Gasteiger partial charge in [0.2, 0.25) is 0 Å². The summed E-state index contributed by atoms with van der Waals surface area (Å²) in [6.07, 6.45) is 22.5. The van der Waals surface area contributed by atoms with Gasteiger partial charge in [0.25, 0.3) is 0 Å². The van der Waals surface area contributed by atoms with E-state index in [-0.39, 0.29) is 6.42 Å².